The highest BCUT2D eigenvalue weighted by Crippen LogP contribution is 2.48. The lowest BCUT2D eigenvalue weighted by molar-refractivity contribution is -0.122. The van der Waals surface area contributed by atoms with Gasteiger partial charge in [0.25, 0.3) is 0 Å². The second-order valence-electron chi connectivity index (χ2n) is 6.88. The molecule has 8 heteroatoms. The van der Waals surface area contributed by atoms with Crippen LogP contribution in [0, 0.1) is 0 Å². The van der Waals surface area contributed by atoms with Crippen LogP contribution in [-0.4, -0.2) is 45.9 Å². The third kappa shape index (κ3) is 2.64. The van der Waals surface area contributed by atoms with Crippen LogP contribution >= 0.6 is 11.6 Å². The molecule has 2 aliphatic heterocycles. The monoisotopic (exact) mass is 406 g/mol. The van der Waals surface area contributed by atoms with Gasteiger partial charge in [0.1, 0.15) is 5.75 Å². The van der Waals surface area contributed by atoms with Crippen molar-refractivity contribution in [1.82, 2.24) is 4.31 Å². The number of carbonyl (C=O) groups is 1. The van der Waals surface area contributed by atoms with Gasteiger partial charge in [0.15, 0.2) is 0 Å². The minimum Gasteiger partial charge on any atom is -0.497 e. The number of sulfonamides is 1. The van der Waals surface area contributed by atoms with Gasteiger partial charge >= 0.3 is 0 Å². The lowest BCUT2D eigenvalue weighted by Crippen LogP contribution is -2.42. The maximum Gasteiger partial charge on any atom is 0.243 e. The zero-order valence-corrected chi connectivity index (χ0v) is 16.5. The quantitative estimate of drug-likeness (QED) is 0.786. The topological polar surface area (TPSA) is 66.9 Å². The summed E-state index contributed by atoms with van der Waals surface area (Å²) < 4.78 is 32.8. The third-order valence-corrected chi connectivity index (χ3v) is 7.54. The van der Waals surface area contributed by atoms with Crippen LogP contribution in [0.25, 0.3) is 0 Å². The number of carbonyl (C=O) groups excluding carboxylic acids is 1. The van der Waals surface area contributed by atoms with Crippen LogP contribution in [0.15, 0.2) is 47.4 Å². The minimum absolute atomic E-state index is 0.0884. The number of amides is 1. The average molecular weight is 407 g/mol. The summed E-state index contributed by atoms with van der Waals surface area (Å²) in [5, 5.41) is 0.358. The second-order valence-corrected chi connectivity index (χ2v) is 9.25. The summed E-state index contributed by atoms with van der Waals surface area (Å²) in [6, 6.07) is 11.7. The molecule has 0 radical (unpaired) electrons. The van der Waals surface area contributed by atoms with Crippen molar-refractivity contribution in [1.29, 1.82) is 0 Å². The zero-order valence-electron chi connectivity index (χ0n) is 15.0. The van der Waals surface area contributed by atoms with Crippen LogP contribution in [-0.2, 0) is 20.2 Å². The second kappa shape index (κ2) is 6.22. The molecule has 1 spiro atoms. The molecule has 142 valence electrons. The minimum atomic E-state index is -3.74. The number of fused-ring (bicyclic) bond motifs is 2. The lowest BCUT2D eigenvalue weighted by Gasteiger charge is -2.23. The largest absolute Gasteiger partial charge is 0.497 e. The molecule has 0 unspecified atom stereocenters. The molecule has 2 aromatic carbocycles. The highest BCUT2D eigenvalue weighted by molar-refractivity contribution is 7.89. The lowest BCUT2D eigenvalue weighted by atomic mass is 9.81. The molecule has 0 aromatic heterocycles. The molecule has 2 aromatic rings. The molecular formula is C19H19ClN2O4S. The Kier molecular flexibility index (Phi) is 4.21. The van der Waals surface area contributed by atoms with Gasteiger partial charge in [0.05, 0.1) is 17.4 Å². The molecule has 2 heterocycles. The third-order valence-electron chi connectivity index (χ3n) is 5.46. The molecule has 4 rings (SSSR count). The fourth-order valence-corrected chi connectivity index (χ4v) is 5.82. The molecule has 6 nitrogen and oxygen atoms in total. The summed E-state index contributed by atoms with van der Waals surface area (Å²) in [4.78, 5) is 14.8. The summed E-state index contributed by atoms with van der Waals surface area (Å²) in [5.74, 6) is 0.557. The van der Waals surface area contributed by atoms with E-state index in [9.17, 15) is 13.2 Å². The Hall–Kier alpha value is -2.09. The molecule has 1 fully saturated rings. The number of likely N-dealkylation sites (N-methyl/N-ethyl adjacent to an activating group) is 1. The van der Waals surface area contributed by atoms with Gasteiger partial charge in [-0.05, 0) is 48.4 Å². The molecule has 0 saturated carbocycles. The van der Waals surface area contributed by atoms with E-state index in [0.717, 1.165) is 11.3 Å². The van der Waals surface area contributed by atoms with E-state index >= 15 is 0 Å². The fraction of sp³-hybridized carbons (Fsp3) is 0.316. The number of benzene rings is 2. The number of methoxy groups -OCH3 is 1. The van der Waals surface area contributed by atoms with Crippen molar-refractivity contribution in [3.63, 3.8) is 0 Å². The van der Waals surface area contributed by atoms with E-state index in [-0.39, 0.29) is 23.9 Å². The van der Waals surface area contributed by atoms with E-state index in [1.54, 1.807) is 37.3 Å². The number of halogens is 1. The van der Waals surface area contributed by atoms with E-state index in [1.807, 2.05) is 12.1 Å². The van der Waals surface area contributed by atoms with E-state index in [4.69, 9.17) is 16.3 Å². The van der Waals surface area contributed by atoms with Crippen LogP contribution in [0.1, 0.15) is 12.0 Å². The van der Waals surface area contributed by atoms with Crippen LogP contribution < -0.4 is 9.64 Å². The first kappa shape index (κ1) is 18.3. The van der Waals surface area contributed by atoms with E-state index in [2.05, 4.69) is 0 Å². The molecule has 0 aliphatic carbocycles. The van der Waals surface area contributed by atoms with Crippen molar-refractivity contribution in [3.05, 3.63) is 53.1 Å². The smallest absolute Gasteiger partial charge is 0.243 e. The zero-order chi connectivity index (χ0) is 19.4. The normalized spacial score (nSPS) is 22.5. The van der Waals surface area contributed by atoms with Crippen LogP contribution in [0.5, 0.6) is 5.75 Å². The summed E-state index contributed by atoms with van der Waals surface area (Å²) in [6.07, 6.45) is 0.427. The Balaban J connectivity index is 1.75. The van der Waals surface area contributed by atoms with Crippen LogP contribution in [0.2, 0.25) is 5.02 Å². The first-order chi connectivity index (χ1) is 12.8. The average Bonchev–Trinajstić information content (AvgIpc) is 3.20. The van der Waals surface area contributed by atoms with Crippen molar-refractivity contribution in [2.45, 2.75) is 16.7 Å². The molecule has 2 aliphatic rings. The molecule has 0 N–H and O–H groups in total. The number of nitrogens with zero attached hydrogens (tertiary/aromatic N) is 2. The maximum absolute atomic E-state index is 13.1. The number of hydrogen-bond donors (Lipinski definition) is 0. The fourth-order valence-electron chi connectivity index (χ4n) is 4.01. The van der Waals surface area contributed by atoms with Gasteiger partial charge in [-0.15, -0.1) is 0 Å². The van der Waals surface area contributed by atoms with Gasteiger partial charge < -0.3 is 9.64 Å². The summed E-state index contributed by atoms with van der Waals surface area (Å²) in [5.41, 5.74) is 0.727. The Morgan fingerprint density at radius 3 is 2.67 bits per heavy atom. The molecular weight excluding hydrogens is 388 g/mol. The van der Waals surface area contributed by atoms with Gasteiger partial charge in [0, 0.05) is 30.8 Å². The van der Waals surface area contributed by atoms with Crippen molar-refractivity contribution >= 4 is 33.2 Å². The highest BCUT2D eigenvalue weighted by Gasteiger charge is 2.55. The predicted octanol–water partition coefficient (Wildman–Crippen LogP) is 2.66. The van der Waals surface area contributed by atoms with Crippen LogP contribution in [0.4, 0.5) is 5.69 Å². The number of hydrogen-bond acceptors (Lipinski definition) is 4. The highest BCUT2D eigenvalue weighted by atomic mass is 35.5. The van der Waals surface area contributed by atoms with Crippen molar-refractivity contribution < 1.29 is 17.9 Å². The van der Waals surface area contributed by atoms with Gasteiger partial charge in [-0.2, -0.15) is 4.31 Å². The summed E-state index contributed by atoms with van der Waals surface area (Å²) in [7, 11) is -0.449. The first-order valence-electron chi connectivity index (χ1n) is 8.52. The SMILES string of the molecule is COc1ccc2c(c1)[C@]1(CCN(S(=O)(=O)c3cccc(Cl)c3)C1)C(=O)N2C. The molecule has 0 bridgehead atoms. The Morgan fingerprint density at radius 1 is 1.19 bits per heavy atom. The number of ether oxygens (including phenoxy) is 1. The van der Waals surface area contributed by atoms with Crippen molar-refractivity contribution in [3.8, 4) is 5.75 Å². The van der Waals surface area contributed by atoms with Crippen LogP contribution in [0.3, 0.4) is 0 Å². The van der Waals surface area contributed by atoms with E-state index in [1.165, 1.54) is 16.4 Å². The molecule has 1 amide bonds. The van der Waals surface area contributed by atoms with E-state index < -0.39 is 15.4 Å². The number of rotatable bonds is 3. The maximum atomic E-state index is 13.1. The Bertz CT molecular complexity index is 1040. The Morgan fingerprint density at radius 2 is 1.96 bits per heavy atom. The number of anilines is 1. The van der Waals surface area contributed by atoms with Crippen molar-refractivity contribution in [2.75, 3.05) is 32.1 Å². The molecule has 1 atom stereocenters. The Labute approximate surface area is 163 Å². The van der Waals surface area contributed by atoms with E-state index in [0.29, 0.717) is 17.2 Å². The van der Waals surface area contributed by atoms with Gasteiger partial charge in [-0.25, -0.2) is 8.42 Å². The first-order valence-corrected chi connectivity index (χ1v) is 10.3. The van der Waals surface area contributed by atoms with Gasteiger partial charge in [0.2, 0.25) is 15.9 Å². The summed E-state index contributed by atoms with van der Waals surface area (Å²) in [6.45, 7) is 0.371. The molecule has 1 saturated heterocycles. The summed E-state index contributed by atoms with van der Waals surface area (Å²) >= 11 is 5.96. The standard InChI is InChI=1S/C19H19ClN2O4S/c1-21-17-7-6-14(26-2)11-16(17)19(18(21)23)8-9-22(12-19)27(24,25)15-5-3-4-13(20)10-15/h3-7,10-11H,8-9,12H2,1-2H3/t19-/m1/s1. The molecule has 27 heavy (non-hydrogen) atoms. The van der Waals surface area contributed by atoms with Crippen molar-refractivity contribution in [2.24, 2.45) is 0 Å². The van der Waals surface area contributed by atoms with Gasteiger partial charge in [-0.3, -0.25) is 4.79 Å². The predicted molar refractivity (Wildman–Crippen MR) is 103 cm³/mol. The van der Waals surface area contributed by atoms with Gasteiger partial charge in [-0.1, -0.05) is 17.7 Å².